The lowest BCUT2D eigenvalue weighted by molar-refractivity contribution is -0.157. The minimum absolute atomic E-state index is 0.0504. The zero-order valence-corrected chi connectivity index (χ0v) is 23.5. The molecule has 0 bridgehead atoms. The van der Waals surface area contributed by atoms with Crippen molar-refractivity contribution >= 4 is 11.9 Å². The van der Waals surface area contributed by atoms with Crippen molar-refractivity contribution in [1.82, 2.24) is 0 Å². The van der Waals surface area contributed by atoms with Gasteiger partial charge in [0.15, 0.2) is 0 Å². The van der Waals surface area contributed by atoms with Crippen LogP contribution in [0.25, 0.3) is 0 Å². The maximum absolute atomic E-state index is 11.8. The van der Waals surface area contributed by atoms with Gasteiger partial charge in [0, 0.05) is 12.8 Å². The first-order valence-corrected chi connectivity index (χ1v) is 14.2. The van der Waals surface area contributed by atoms with Crippen LogP contribution in [-0.4, -0.2) is 23.1 Å². The summed E-state index contributed by atoms with van der Waals surface area (Å²) >= 11 is 0. The third kappa shape index (κ3) is 21.2. The third-order valence-corrected chi connectivity index (χ3v) is 6.65. The minimum Gasteiger partial charge on any atom is -0.460 e. The average Bonchev–Trinajstić information content (AvgIpc) is 2.77. The standard InChI is InChI=1S/C30H56O4/c1-7-29(3,4)33-27(31)25-23-21-19-17-15-13-11-9-10-12-14-16-18-20-22-24-26-28(32)34-30(5,6)8-2/h9-10H,7-8,11-26H2,1-6H3/b10-9+. The summed E-state index contributed by atoms with van der Waals surface area (Å²) in [6.07, 6.45) is 24.0. The Kier molecular flexibility index (Phi) is 19.2. The number of carbonyl (C=O) groups is 2. The van der Waals surface area contributed by atoms with E-state index in [-0.39, 0.29) is 23.1 Å². The first-order chi connectivity index (χ1) is 16.1. The molecule has 0 aromatic heterocycles. The second-order valence-corrected chi connectivity index (χ2v) is 11.0. The number of rotatable bonds is 22. The molecule has 0 aliphatic heterocycles. The molecule has 0 unspecified atom stereocenters. The van der Waals surface area contributed by atoms with E-state index in [9.17, 15) is 9.59 Å². The predicted molar refractivity (Wildman–Crippen MR) is 144 cm³/mol. The van der Waals surface area contributed by atoms with Gasteiger partial charge in [0.1, 0.15) is 11.2 Å². The van der Waals surface area contributed by atoms with Gasteiger partial charge in [0.05, 0.1) is 0 Å². The maximum Gasteiger partial charge on any atom is 0.306 e. The van der Waals surface area contributed by atoms with E-state index in [1.165, 1.54) is 64.2 Å². The topological polar surface area (TPSA) is 52.6 Å². The van der Waals surface area contributed by atoms with Crippen molar-refractivity contribution in [2.75, 3.05) is 0 Å². The van der Waals surface area contributed by atoms with E-state index in [1.807, 2.05) is 41.5 Å². The van der Waals surface area contributed by atoms with E-state index in [2.05, 4.69) is 12.2 Å². The van der Waals surface area contributed by atoms with Gasteiger partial charge < -0.3 is 9.47 Å². The summed E-state index contributed by atoms with van der Waals surface area (Å²) in [5.41, 5.74) is -0.649. The van der Waals surface area contributed by atoms with Gasteiger partial charge >= 0.3 is 11.9 Å². The summed E-state index contributed by atoms with van der Waals surface area (Å²) in [6, 6.07) is 0. The molecule has 0 amide bonds. The van der Waals surface area contributed by atoms with Gasteiger partial charge in [-0.15, -0.1) is 0 Å². The lowest BCUT2D eigenvalue weighted by Gasteiger charge is -2.23. The Balaban J connectivity index is 3.38. The molecule has 0 aliphatic carbocycles. The van der Waals surface area contributed by atoms with Crippen molar-refractivity contribution in [3.05, 3.63) is 12.2 Å². The fraction of sp³-hybridized carbons (Fsp3) is 0.867. The molecule has 34 heavy (non-hydrogen) atoms. The van der Waals surface area contributed by atoms with Gasteiger partial charge in [-0.05, 0) is 79.1 Å². The third-order valence-electron chi connectivity index (χ3n) is 6.65. The summed E-state index contributed by atoms with van der Waals surface area (Å²) in [5, 5.41) is 0. The van der Waals surface area contributed by atoms with Crippen LogP contribution < -0.4 is 0 Å². The summed E-state index contributed by atoms with van der Waals surface area (Å²) in [7, 11) is 0. The van der Waals surface area contributed by atoms with E-state index >= 15 is 0 Å². The Bertz CT molecular complexity index is 500. The van der Waals surface area contributed by atoms with Crippen LogP contribution in [0.3, 0.4) is 0 Å². The van der Waals surface area contributed by atoms with E-state index < -0.39 is 0 Å². The van der Waals surface area contributed by atoms with Crippen molar-refractivity contribution in [1.29, 1.82) is 0 Å². The number of carbonyl (C=O) groups excluding carboxylic acids is 2. The number of ether oxygens (including phenoxy) is 2. The molecule has 200 valence electrons. The number of esters is 2. The van der Waals surface area contributed by atoms with Crippen LogP contribution in [0.4, 0.5) is 0 Å². The predicted octanol–water partition coefficient (Wildman–Crippen LogP) is 9.25. The zero-order chi connectivity index (χ0) is 25.7. The Morgan fingerprint density at radius 3 is 1.15 bits per heavy atom. The molecular formula is C30H56O4. The highest BCUT2D eigenvalue weighted by molar-refractivity contribution is 5.70. The fourth-order valence-electron chi connectivity index (χ4n) is 3.58. The molecule has 0 heterocycles. The normalized spacial score (nSPS) is 12.3. The summed E-state index contributed by atoms with van der Waals surface area (Å²) in [6.45, 7) is 12.0. The van der Waals surface area contributed by atoms with Gasteiger partial charge in [-0.1, -0.05) is 77.4 Å². The highest BCUT2D eigenvalue weighted by atomic mass is 16.6. The number of hydrogen-bond acceptors (Lipinski definition) is 4. The van der Waals surface area contributed by atoms with Crippen molar-refractivity contribution in [3.63, 3.8) is 0 Å². The van der Waals surface area contributed by atoms with Crippen molar-refractivity contribution in [2.45, 2.75) is 168 Å². The van der Waals surface area contributed by atoms with Crippen LogP contribution >= 0.6 is 0 Å². The van der Waals surface area contributed by atoms with Gasteiger partial charge in [0.2, 0.25) is 0 Å². The molecule has 0 saturated carbocycles. The Morgan fingerprint density at radius 2 is 0.824 bits per heavy atom. The number of unbranched alkanes of at least 4 members (excludes halogenated alkanes) is 12. The second-order valence-electron chi connectivity index (χ2n) is 11.0. The first-order valence-electron chi connectivity index (χ1n) is 14.2. The molecule has 0 aromatic rings. The smallest absolute Gasteiger partial charge is 0.306 e. The summed E-state index contributed by atoms with van der Waals surface area (Å²) in [4.78, 5) is 23.6. The largest absolute Gasteiger partial charge is 0.460 e. The van der Waals surface area contributed by atoms with E-state index in [4.69, 9.17) is 9.47 Å². The molecule has 0 saturated heterocycles. The van der Waals surface area contributed by atoms with E-state index in [0.29, 0.717) is 12.8 Å². The van der Waals surface area contributed by atoms with Gasteiger partial charge in [-0.3, -0.25) is 9.59 Å². The van der Waals surface area contributed by atoms with E-state index in [0.717, 1.165) is 38.5 Å². The minimum atomic E-state index is -0.325. The SMILES string of the molecule is CCC(C)(C)OC(=O)CCCCCCCC/C=C/CCCCCCCCC(=O)OC(C)(C)CC. The van der Waals surface area contributed by atoms with Gasteiger partial charge in [0.25, 0.3) is 0 Å². The number of hydrogen-bond donors (Lipinski definition) is 0. The molecule has 0 aromatic carbocycles. The molecule has 4 nitrogen and oxygen atoms in total. The van der Waals surface area contributed by atoms with Crippen LogP contribution in [0.1, 0.15) is 157 Å². The van der Waals surface area contributed by atoms with Crippen LogP contribution in [0.2, 0.25) is 0 Å². The van der Waals surface area contributed by atoms with Crippen molar-refractivity contribution in [2.24, 2.45) is 0 Å². The molecule has 0 fully saturated rings. The number of allylic oxidation sites excluding steroid dienone is 2. The maximum atomic E-state index is 11.8. The molecule has 0 aliphatic rings. The zero-order valence-electron chi connectivity index (χ0n) is 23.5. The van der Waals surface area contributed by atoms with Crippen LogP contribution in [0.15, 0.2) is 12.2 Å². The van der Waals surface area contributed by atoms with Crippen molar-refractivity contribution < 1.29 is 19.1 Å². The molecule has 0 radical (unpaired) electrons. The molecular weight excluding hydrogens is 424 g/mol. The molecule has 0 N–H and O–H groups in total. The molecule has 4 heteroatoms. The van der Waals surface area contributed by atoms with Crippen molar-refractivity contribution in [3.8, 4) is 0 Å². The summed E-state index contributed by atoms with van der Waals surface area (Å²) in [5.74, 6) is -0.101. The quantitative estimate of drug-likeness (QED) is 0.0880. The fourth-order valence-corrected chi connectivity index (χ4v) is 3.58. The summed E-state index contributed by atoms with van der Waals surface area (Å²) < 4.78 is 11.0. The Hall–Kier alpha value is -1.32. The lowest BCUT2D eigenvalue weighted by atomic mass is 10.1. The highest BCUT2D eigenvalue weighted by Gasteiger charge is 2.20. The Morgan fingerprint density at radius 1 is 0.529 bits per heavy atom. The molecule has 0 atom stereocenters. The second kappa shape index (κ2) is 19.9. The highest BCUT2D eigenvalue weighted by Crippen LogP contribution is 2.17. The lowest BCUT2D eigenvalue weighted by Crippen LogP contribution is -2.26. The average molecular weight is 481 g/mol. The van der Waals surface area contributed by atoms with Crippen LogP contribution in [0.5, 0.6) is 0 Å². The molecule has 0 rings (SSSR count). The first kappa shape index (κ1) is 32.7. The Labute approximate surface area is 211 Å². The van der Waals surface area contributed by atoms with E-state index in [1.54, 1.807) is 0 Å². The van der Waals surface area contributed by atoms with Crippen LogP contribution in [0, 0.1) is 0 Å². The van der Waals surface area contributed by atoms with Gasteiger partial charge in [-0.25, -0.2) is 0 Å². The van der Waals surface area contributed by atoms with Crippen LogP contribution in [-0.2, 0) is 19.1 Å². The monoisotopic (exact) mass is 480 g/mol. The van der Waals surface area contributed by atoms with Gasteiger partial charge in [-0.2, -0.15) is 0 Å². The molecule has 0 spiro atoms.